The van der Waals surface area contributed by atoms with Crippen molar-refractivity contribution in [3.63, 3.8) is 0 Å². The molecular weight excluding hydrogens is 482 g/mol. The molecule has 0 saturated heterocycles. The third-order valence-electron chi connectivity index (χ3n) is 8.04. The number of rotatable bonds is 8. The van der Waals surface area contributed by atoms with Gasteiger partial charge in [-0.2, -0.15) is 0 Å². The van der Waals surface area contributed by atoms with Crippen LogP contribution in [-0.2, 0) is 16.1 Å². The molecule has 1 aromatic heterocycles. The minimum Gasteiger partial charge on any atom is -0.383 e. The monoisotopic (exact) mass is 521 g/mol. The van der Waals surface area contributed by atoms with Crippen LogP contribution in [0.3, 0.4) is 0 Å². The van der Waals surface area contributed by atoms with E-state index < -0.39 is 22.6 Å². The van der Waals surface area contributed by atoms with Crippen molar-refractivity contribution >= 4 is 34.9 Å². The number of likely N-dealkylation sites (N-methyl/N-ethyl adjacent to an activating group) is 1. The molecule has 4 aliphatic rings. The van der Waals surface area contributed by atoms with Crippen molar-refractivity contribution in [2.75, 3.05) is 30.8 Å². The van der Waals surface area contributed by atoms with E-state index in [1.54, 1.807) is 7.05 Å². The van der Waals surface area contributed by atoms with Crippen LogP contribution in [0.15, 0.2) is 9.59 Å². The quantitative estimate of drug-likeness (QED) is 0.509. The van der Waals surface area contributed by atoms with Gasteiger partial charge in [0.05, 0.1) is 12.0 Å². The lowest BCUT2D eigenvalue weighted by Crippen LogP contribution is -2.59. The summed E-state index contributed by atoms with van der Waals surface area (Å²) in [6.07, 6.45) is 5.41. The molecule has 4 aliphatic carbocycles. The van der Waals surface area contributed by atoms with Crippen LogP contribution < -0.4 is 21.9 Å². The Balaban J connectivity index is 1.60. The molecule has 9 nitrogen and oxygen atoms in total. The minimum absolute atomic E-state index is 0.0264. The minimum atomic E-state index is -0.703. The molecule has 0 unspecified atom stereocenters. The van der Waals surface area contributed by atoms with E-state index in [2.05, 4.69) is 4.98 Å². The molecule has 0 aromatic carbocycles. The zero-order valence-electron chi connectivity index (χ0n) is 22.1. The molecule has 2 amide bonds. The molecule has 4 fully saturated rings. The molecule has 0 aliphatic heterocycles. The molecule has 0 radical (unpaired) electrons. The SMILES string of the molecule is CC(C)CN(C(=O)CN(C)C(=O)C12C[C@H]3C[C@@H](CC(Cl)(C3)C1)C2)c1c(N)n(CC(C)C)c(=O)[nH]c1=O. The Kier molecular flexibility index (Phi) is 7.09. The average molecular weight is 522 g/mol. The van der Waals surface area contributed by atoms with Gasteiger partial charge in [0.25, 0.3) is 5.56 Å². The summed E-state index contributed by atoms with van der Waals surface area (Å²) >= 11 is 6.94. The third-order valence-corrected chi connectivity index (χ3v) is 8.49. The van der Waals surface area contributed by atoms with Gasteiger partial charge in [0, 0.05) is 25.0 Å². The summed E-state index contributed by atoms with van der Waals surface area (Å²) in [5.41, 5.74) is 4.46. The lowest BCUT2D eigenvalue weighted by atomic mass is 9.49. The van der Waals surface area contributed by atoms with Crippen LogP contribution in [0, 0.1) is 29.1 Å². The smallest absolute Gasteiger partial charge is 0.330 e. The maximum absolute atomic E-state index is 13.8. The summed E-state index contributed by atoms with van der Waals surface area (Å²) in [5.74, 6) is 0.587. The molecule has 4 bridgehead atoms. The fourth-order valence-electron chi connectivity index (χ4n) is 7.23. The van der Waals surface area contributed by atoms with E-state index in [4.69, 9.17) is 17.3 Å². The van der Waals surface area contributed by atoms with E-state index >= 15 is 0 Å². The molecule has 5 rings (SSSR count). The second kappa shape index (κ2) is 9.54. The van der Waals surface area contributed by atoms with Gasteiger partial charge in [0.15, 0.2) is 5.69 Å². The van der Waals surface area contributed by atoms with Gasteiger partial charge in [0.2, 0.25) is 11.8 Å². The molecule has 3 N–H and O–H groups in total. The highest BCUT2D eigenvalue weighted by Gasteiger charge is 2.60. The number of amides is 2. The summed E-state index contributed by atoms with van der Waals surface area (Å²) in [6, 6.07) is 0. The molecule has 2 atom stereocenters. The second-order valence-corrected chi connectivity index (χ2v) is 13.3. The lowest BCUT2D eigenvalue weighted by molar-refractivity contribution is -0.155. The topological polar surface area (TPSA) is 121 Å². The van der Waals surface area contributed by atoms with Gasteiger partial charge in [-0.15, -0.1) is 11.6 Å². The normalized spacial score (nSPS) is 28.7. The Morgan fingerprint density at radius 2 is 1.72 bits per heavy atom. The van der Waals surface area contributed by atoms with Crippen LogP contribution in [0.5, 0.6) is 0 Å². The molecular formula is C26H40ClN5O4. The number of carbonyl (C=O) groups is 2. The van der Waals surface area contributed by atoms with Crippen LogP contribution in [0.4, 0.5) is 11.5 Å². The Labute approximate surface area is 217 Å². The number of halogens is 1. The number of nitrogens with one attached hydrogen (secondary N) is 1. The number of nitrogens with zero attached hydrogens (tertiary/aromatic N) is 3. The van der Waals surface area contributed by atoms with Crippen molar-refractivity contribution in [1.82, 2.24) is 14.5 Å². The van der Waals surface area contributed by atoms with Crippen LogP contribution in [0.25, 0.3) is 0 Å². The molecule has 0 spiro atoms. The van der Waals surface area contributed by atoms with Gasteiger partial charge in [-0.25, -0.2) is 4.79 Å². The predicted octanol–water partition coefficient (Wildman–Crippen LogP) is 2.80. The summed E-state index contributed by atoms with van der Waals surface area (Å²) < 4.78 is 1.30. The Morgan fingerprint density at radius 3 is 2.25 bits per heavy atom. The number of alkyl halides is 1. The van der Waals surface area contributed by atoms with Gasteiger partial charge in [0.1, 0.15) is 5.82 Å². The highest BCUT2D eigenvalue weighted by Crippen LogP contribution is 2.64. The fourth-order valence-corrected chi connectivity index (χ4v) is 7.93. The Bertz CT molecular complexity index is 1140. The Morgan fingerprint density at radius 1 is 1.11 bits per heavy atom. The zero-order valence-corrected chi connectivity index (χ0v) is 22.9. The number of hydrogen-bond donors (Lipinski definition) is 2. The number of nitrogens with two attached hydrogens (primary N) is 1. The van der Waals surface area contributed by atoms with Crippen molar-refractivity contribution in [2.45, 2.75) is 77.6 Å². The number of aromatic nitrogens is 2. The first-order valence-corrected chi connectivity index (χ1v) is 13.5. The van der Waals surface area contributed by atoms with Crippen LogP contribution in [0.1, 0.15) is 66.2 Å². The van der Waals surface area contributed by atoms with Crippen LogP contribution >= 0.6 is 11.6 Å². The van der Waals surface area contributed by atoms with Crippen LogP contribution in [0.2, 0.25) is 0 Å². The maximum Gasteiger partial charge on any atom is 0.330 e. The van der Waals surface area contributed by atoms with E-state index in [1.165, 1.54) is 14.4 Å². The maximum atomic E-state index is 13.8. The summed E-state index contributed by atoms with van der Waals surface area (Å²) in [6.45, 7) is 8.08. The van der Waals surface area contributed by atoms with E-state index in [1.807, 2.05) is 27.7 Å². The van der Waals surface area contributed by atoms with Gasteiger partial charge in [-0.1, -0.05) is 27.7 Å². The summed E-state index contributed by atoms with van der Waals surface area (Å²) in [4.78, 5) is 57.5. The Hall–Kier alpha value is -2.29. The van der Waals surface area contributed by atoms with E-state index in [9.17, 15) is 19.2 Å². The lowest BCUT2D eigenvalue weighted by Gasteiger charge is -2.59. The standard InChI is InChI=1S/C26H40ClN5O4/c1-15(2)11-31(20-21(28)32(12-16(3)4)24(36)29-22(20)34)19(33)13-30(5)23(35)25-7-17-6-18(8-25)10-26(27,9-17)14-25/h15-18H,6-14,28H2,1-5H3,(H,29,34,36)/t17-,18-,25?,26?/m1/s1. The summed E-state index contributed by atoms with van der Waals surface area (Å²) in [5, 5.41) is 0. The van der Waals surface area contributed by atoms with Gasteiger partial charge in [-0.3, -0.25) is 23.9 Å². The van der Waals surface area contributed by atoms with Gasteiger partial charge in [-0.05, 0) is 62.2 Å². The van der Waals surface area contributed by atoms with Crippen molar-refractivity contribution < 1.29 is 9.59 Å². The highest BCUT2D eigenvalue weighted by atomic mass is 35.5. The second-order valence-electron chi connectivity index (χ2n) is 12.4. The molecule has 1 aromatic rings. The largest absolute Gasteiger partial charge is 0.383 e. The van der Waals surface area contributed by atoms with E-state index in [-0.39, 0.29) is 47.2 Å². The van der Waals surface area contributed by atoms with Gasteiger partial charge >= 0.3 is 5.69 Å². The predicted molar refractivity (Wildman–Crippen MR) is 141 cm³/mol. The van der Waals surface area contributed by atoms with E-state index in [0.29, 0.717) is 24.8 Å². The molecule has 36 heavy (non-hydrogen) atoms. The fraction of sp³-hybridized carbons (Fsp3) is 0.769. The van der Waals surface area contributed by atoms with Crippen molar-refractivity contribution in [1.29, 1.82) is 0 Å². The van der Waals surface area contributed by atoms with Crippen molar-refractivity contribution in [2.24, 2.45) is 29.1 Å². The zero-order chi connectivity index (χ0) is 26.6. The number of nitrogen functional groups attached to an aromatic ring is 1. The number of carbonyl (C=O) groups excluding carboxylic acids is 2. The van der Waals surface area contributed by atoms with Gasteiger partial charge < -0.3 is 15.5 Å². The van der Waals surface area contributed by atoms with Crippen LogP contribution in [-0.4, -0.2) is 51.3 Å². The molecule has 200 valence electrons. The molecule has 10 heteroatoms. The highest BCUT2D eigenvalue weighted by molar-refractivity contribution is 6.24. The first-order valence-electron chi connectivity index (χ1n) is 13.1. The number of aromatic amines is 1. The molecule has 4 saturated carbocycles. The van der Waals surface area contributed by atoms with E-state index in [0.717, 1.165) is 32.1 Å². The number of anilines is 2. The third kappa shape index (κ3) is 4.95. The van der Waals surface area contributed by atoms with Crippen molar-refractivity contribution in [3.05, 3.63) is 20.8 Å². The first kappa shape index (κ1) is 26.8. The van der Waals surface area contributed by atoms with Crippen molar-refractivity contribution in [3.8, 4) is 0 Å². The first-order chi connectivity index (χ1) is 16.7. The summed E-state index contributed by atoms with van der Waals surface area (Å²) in [7, 11) is 1.65. The molecule has 1 heterocycles. The average Bonchev–Trinajstić information content (AvgIpc) is 2.73. The number of H-pyrrole nitrogens is 1. The number of hydrogen-bond acceptors (Lipinski definition) is 5.